The van der Waals surface area contributed by atoms with Gasteiger partial charge < -0.3 is 15.5 Å². The third kappa shape index (κ3) is 5.06. The molecule has 37 heavy (non-hydrogen) atoms. The van der Waals surface area contributed by atoms with Gasteiger partial charge >= 0.3 is 18.2 Å². The number of amides is 5. The van der Waals surface area contributed by atoms with Gasteiger partial charge in [0, 0.05) is 18.3 Å². The fourth-order valence-corrected chi connectivity index (χ4v) is 4.95. The van der Waals surface area contributed by atoms with Crippen LogP contribution in [0.5, 0.6) is 0 Å². The number of likely N-dealkylation sites (tertiary alicyclic amines) is 1. The van der Waals surface area contributed by atoms with Crippen LogP contribution in [-0.4, -0.2) is 41.5 Å². The van der Waals surface area contributed by atoms with Gasteiger partial charge in [0.1, 0.15) is 12.1 Å². The minimum Gasteiger partial charge on any atom is -0.325 e. The summed E-state index contributed by atoms with van der Waals surface area (Å²) in [4.78, 5) is 41.4. The van der Waals surface area contributed by atoms with Crippen molar-refractivity contribution >= 4 is 40.9 Å². The van der Waals surface area contributed by atoms with E-state index in [0.717, 1.165) is 17.0 Å². The number of carbonyl (C=O) groups excluding carboxylic acids is 3. The molecule has 0 spiro atoms. The molecule has 194 valence electrons. The highest BCUT2D eigenvalue weighted by Gasteiger charge is 2.44. The van der Waals surface area contributed by atoms with E-state index in [1.807, 2.05) is 13.0 Å². The van der Waals surface area contributed by atoms with E-state index in [4.69, 9.17) is 16.9 Å². The summed E-state index contributed by atoms with van der Waals surface area (Å²) in [5.74, 6) is -0.539. The van der Waals surface area contributed by atoms with Gasteiger partial charge in [-0.05, 0) is 61.6 Å². The molecule has 1 unspecified atom stereocenters. The predicted octanol–water partition coefficient (Wildman–Crippen LogP) is 5.30. The van der Waals surface area contributed by atoms with Gasteiger partial charge in [-0.3, -0.25) is 4.79 Å². The highest BCUT2D eigenvalue weighted by Crippen LogP contribution is 2.35. The topological polar surface area (TPSA) is 106 Å². The number of nitriles is 1. The van der Waals surface area contributed by atoms with Gasteiger partial charge in [-0.2, -0.15) is 18.4 Å². The second kappa shape index (κ2) is 9.94. The molecule has 12 heteroatoms. The fourth-order valence-electron chi connectivity index (χ4n) is 4.75. The average molecular weight is 534 g/mol. The number of rotatable bonds is 4. The predicted molar refractivity (Wildman–Crippen MR) is 130 cm³/mol. The highest BCUT2D eigenvalue weighted by molar-refractivity contribution is 6.33. The average Bonchev–Trinajstić information content (AvgIpc) is 3.34. The number of carbonyl (C=O) groups is 3. The van der Waals surface area contributed by atoms with Crippen molar-refractivity contribution in [1.29, 1.82) is 5.26 Å². The lowest BCUT2D eigenvalue weighted by Gasteiger charge is -2.29. The van der Waals surface area contributed by atoms with Crippen molar-refractivity contribution in [2.75, 3.05) is 16.8 Å². The molecule has 0 aliphatic carbocycles. The molecule has 0 bridgehead atoms. The van der Waals surface area contributed by atoms with E-state index in [1.165, 1.54) is 29.2 Å². The Morgan fingerprint density at radius 2 is 2.00 bits per heavy atom. The van der Waals surface area contributed by atoms with Crippen molar-refractivity contribution in [3.63, 3.8) is 0 Å². The van der Waals surface area contributed by atoms with Crippen LogP contribution in [-0.2, 0) is 11.0 Å². The summed E-state index contributed by atoms with van der Waals surface area (Å²) in [6, 6.07) is 6.61. The maximum absolute atomic E-state index is 13.2. The number of hydrogen-bond acceptors (Lipinski definition) is 4. The monoisotopic (exact) mass is 533 g/mol. The van der Waals surface area contributed by atoms with E-state index < -0.39 is 41.8 Å². The first-order valence-corrected chi connectivity index (χ1v) is 11.9. The summed E-state index contributed by atoms with van der Waals surface area (Å²) >= 11 is 6.21. The number of halogens is 4. The molecule has 2 N–H and O–H groups in total. The molecular weight excluding hydrogens is 511 g/mol. The zero-order chi connectivity index (χ0) is 27.1. The summed E-state index contributed by atoms with van der Waals surface area (Å²) in [7, 11) is 0. The van der Waals surface area contributed by atoms with Crippen molar-refractivity contribution in [3.8, 4) is 6.07 Å². The third-order valence-electron chi connectivity index (χ3n) is 6.80. The first kappa shape index (κ1) is 26.3. The van der Waals surface area contributed by atoms with Crippen LogP contribution in [0.1, 0.15) is 36.5 Å². The van der Waals surface area contributed by atoms with Crippen LogP contribution >= 0.6 is 11.6 Å². The van der Waals surface area contributed by atoms with Gasteiger partial charge in [0.05, 0.1) is 21.8 Å². The number of anilines is 2. The SMILES string of the molecule is Cc1c(N2C(=O)N[C@@H](CC3[C@@H](C)CCN3C(=O)Nc3cccc(C(F)(F)F)c3)C2=O)ccc(C#N)c1Cl. The maximum Gasteiger partial charge on any atom is 0.416 e. The van der Waals surface area contributed by atoms with Crippen LogP contribution in [0.4, 0.5) is 34.1 Å². The Morgan fingerprint density at radius 1 is 1.27 bits per heavy atom. The minimum absolute atomic E-state index is 0.00252. The van der Waals surface area contributed by atoms with Gasteiger partial charge in [-0.1, -0.05) is 24.6 Å². The molecule has 2 aliphatic heterocycles. The smallest absolute Gasteiger partial charge is 0.325 e. The normalized spacial score (nSPS) is 21.7. The lowest BCUT2D eigenvalue weighted by atomic mass is 9.96. The number of nitrogens with zero attached hydrogens (tertiary/aromatic N) is 3. The highest BCUT2D eigenvalue weighted by atomic mass is 35.5. The first-order valence-electron chi connectivity index (χ1n) is 11.5. The molecule has 5 amide bonds. The van der Waals surface area contributed by atoms with Crippen LogP contribution in [0.3, 0.4) is 0 Å². The molecular formula is C25H23ClF3N5O3. The zero-order valence-electron chi connectivity index (χ0n) is 19.9. The van der Waals surface area contributed by atoms with Crippen molar-refractivity contribution in [1.82, 2.24) is 10.2 Å². The van der Waals surface area contributed by atoms with Crippen molar-refractivity contribution in [3.05, 3.63) is 58.1 Å². The molecule has 0 radical (unpaired) electrons. The molecule has 2 saturated heterocycles. The molecule has 4 rings (SSSR count). The molecule has 3 atom stereocenters. The molecule has 2 aliphatic rings. The maximum atomic E-state index is 13.2. The van der Waals surface area contributed by atoms with E-state index in [0.29, 0.717) is 18.5 Å². The van der Waals surface area contributed by atoms with Gasteiger partial charge in [0.2, 0.25) is 0 Å². The summed E-state index contributed by atoms with van der Waals surface area (Å²) in [5, 5.41) is 14.5. The number of benzene rings is 2. The van der Waals surface area contributed by atoms with E-state index in [1.54, 1.807) is 6.92 Å². The van der Waals surface area contributed by atoms with E-state index in [2.05, 4.69) is 10.6 Å². The zero-order valence-corrected chi connectivity index (χ0v) is 20.7. The number of imide groups is 1. The van der Waals surface area contributed by atoms with Crippen LogP contribution in [0, 0.1) is 24.2 Å². The second-order valence-corrected chi connectivity index (χ2v) is 9.51. The Hall–Kier alpha value is -3.78. The number of urea groups is 2. The van der Waals surface area contributed by atoms with Gasteiger partial charge in [0.15, 0.2) is 0 Å². The molecule has 8 nitrogen and oxygen atoms in total. The Balaban J connectivity index is 1.50. The van der Waals surface area contributed by atoms with E-state index in [-0.39, 0.29) is 34.3 Å². The Bertz CT molecular complexity index is 1310. The van der Waals surface area contributed by atoms with Crippen molar-refractivity contribution < 1.29 is 27.6 Å². The van der Waals surface area contributed by atoms with Gasteiger partial charge in [-0.25, -0.2) is 14.5 Å². The lowest BCUT2D eigenvalue weighted by Crippen LogP contribution is -2.45. The van der Waals surface area contributed by atoms with Crippen LogP contribution < -0.4 is 15.5 Å². The van der Waals surface area contributed by atoms with E-state index >= 15 is 0 Å². The molecule has 2 heterocycles. The first-order chi connectivity index (χ1) is 17.4. The number of hydrogen-bond donors (Lipinski definition) is 2. The summed E-state index contributed by atoms with van der Waals surface area (Å²) in [5.41, 5.74) is -0.000511. The van der Waals surface area contributed by atoms with Crippen molar-refractivity contribution in [2.24, 2.45) is 5.92 Å². The molecule has 0 aromatic heterocycles. The second-order valence-electron chi connectivity index (χ2n) is 9.13. The Kier molecular flexibility index (Phi) is 7.06. The fraction of sp³-hybridized carbons (Fsp3) is 0.360. The molecule has 2 aromatic rings. The lowest BCUT2D eigenvalue weighted by molar-refractivity contribution is -0.137. The summed E-state index contributed by atoms with van der Waals surface area (Å²) in [6.07, 6.45) is -3.79. The number of nitrogens with one attached hydrogen (secondary N) is 2. The largest absolute Gasteiger partial charge is 0.416 e. The molecule has 2 aromatic carbocycles. The van der Waals surface area contributed by atoms with Gasteiger partial charge in [0.25, 0.3) is 5.91 Å². The summed E-state index contributed by atoms with van der Waals surface area (Å²) < 4.78 is 39.1. The Labute approximate surface area is 216 Å². The van der Waals surface area contributed by atoms with Crippen molar-refractivity contribution in [2.45, 2.75) is 44.9 Å². The van der Waals surface area contributed by atoms with Crippen LogP contribution in [0.2, 0.25) is 5.02 Å². The van der Waals surface area contributed by atoms with E-state index in [9.17, 15) is 27.6 Å². The minimum atomic E-state index is -4.55. The molecule has 2 fully saturated rings. The van der Waals surface area contributed by atoms with Crippen LogP contribution in [0.25, 0.3) is 0 Å². The Morgan fingerprint density at radius 3 is 2.68 bits per heavy atom. The summed E-state index contributed by atoms with van der Waals surface area (Å²) in [6.45, 7) is 3.86. The number of alkyl halides is 3. The quantitative estimate of drug-likeness (QED) is 0.520. The molecule has 0 saturated carbocycles. The van der Waals surface area contributed by atoms with Crippen LogP contribution in [0.15, 0.2) is 36.4 Å². The standard InChI is InChI=1S/C25H23ClF3N5O3/c1-13-8-9-33(23(36)31-17-5-3-4-16(10-17)25(27,28)29)20(13)11-18-22(35)34(24(37)32-18)19-7-6-15(12-30)21(26)14(19)2/h3-7,10,13,18,20H,8-9,11H2,1-2H3,(H,31,36)(H,32,37)/t13-,18-,20?/m0/s1. The van der Waals surface area contributed by atoms with Gasteiger partial charge in [-0.15, -0.1) is 0 Å². The third-order valence-corrected chi connectivity index (χ3v) is 7.29.